The monoisotopic (exact) mass is 194 g/mol. The van der Waals surface area contributed by atoms with E-state index in [2.05, 4.69) is 15.2 Å². The number of hydrogen-bond acceptors (Lipinski definition) is 4. The zero-order valence-electron chi connectivity index (χ0n) is 8.83. The maximum absolute atomic E-state index is 5.81. The van der Waals surface area contributed by atoms with E-state index in [0.29, 0.717) is 0 Å². The van der Waals surface area contributed by atoms with E-state index in [1.54, 1.807) is 6.20 Å². The number of nitrogen functional groups attached to an aromatic ring is 1. The van der Waals surface area contributed by atoms with Gasteiger partial charge in [0.2, 0.25) is 0 Å². The predicted molar refractivity (Wildman–Crippen MR) is 60.5 cm³/mol. The molecule has 0 fully saturated rings. The van der Waals surface area contributed by atoms with Gasteiger partial charge in [0.25, 0.3) is 0 Å². The Morgan fingerprint density at radius 1 is 1.57 bits per heavy atom. The van der Waals surface area contributed by atoms with Crippen LogP contribution in [0.2, 0.25) is 0 Å². The summed E-state index contributed by atoms with van der Waals surface area (Å²) in [5, 5.41) is 3.11. The SMILES string of the molecule is CNCCCN(C)c1ncccc1N. The second kappa shape index (κ2) is 5.44. The molecule has 1 aromatic rings. The standard InChI is InChI=1S/C10H18N4/c1-12-6-4-8-14(2)10-9(11)5-3-7-13-10/h3,5,7,12H,4,6,8,11H2,1-2H3. The zero-order chi connectivity index (χ0) is 10.4. The van der Waals surface area contributed by atoms with Gasteiger partial charge in [0.05, 0.1) is 5.69 Å². The molecular formula is C10H18N4. The Morgan fingerprint density at radius 3 is 3.00 bits per heavy atom. The number of nitrogens with one attached hydrogen (secondary N) is 1. The molecule has 0 amide bonds. The second-order valence-corrected chi connectivity index (χ2v) is 3.29. The van der Waals surface area contributed by atoms with Gasteiger partial charge < -0.3 is 16.0 Å². The molecule has 0 saturated heterocycles. The first-order valence-corrected chi connectivity index (χ1v) is 4.82. The minimum Gasteiger partial charge on any atom is -0.396 e. The van der Waals surface area contributed by atoms with E-state index < -0.39 is 0 Å². The largest absolute Gasteiger partial charge is 0.396 e. The molecule has 3 N–H and O–H groups in total. The van der Waals surface area contributed by atoms with Gasteiger partial charge in [-0.1, -0.05) is 0 Å². The molecule has 1 rings (SSSR count). The van der Waals surface area contributed by atoms with Crippen LogP contribution in [0.25, 0.3) is 0 Å². The van der Waals surface area contributed by atoms with Crippen LogP contribution in [-0.2, 0) is 0 Å². The molecule has 0 bridgehead atoms. The highest BCUT2D eigenvalue weighted by atomic mass is 15.2. The van der Waals surface area contributed by atoms with Crippen LogP contribution in [0.3, 0.4) is 0 Å². The van der Waals surface area contributed by atoms with Crippen molar-refractivity contribution in [3.63, 3.8) is 0 Å². The summed E-state index contributed by atoms with van der Waals surface area (Å²) in [5.41, 5.74) is 6.54. The van der Waals surface area contributed by atoms with Crippen LogP contribution >= 0.6 is 0 Å². The van der Waals surface area contributed by atoms with Gasteiger partial charge in [-0.3, -0.25) is 0 Å². The number of aromatic nitrogens is 1. The van der Waals surface area contributed by atoms with E-state index in [1.165, 1.54) is 0 Å². The van der Waals surface area contributed by atoms with Crippen molar-refractivity contribution in [2.75, 3.05) is 37.8 Å². The molecule has 4 nitrogen and oxygen atoms in total. The van der Waals surface area contributed by atoms with Gasteiger partial charge in [-0.2, -0.15) is 0 Å². The lowest BCUT2D eigenvalue weighted by molar-refractivity contribution is 0.709. The molecule has 78 valence electrons. The quantitative estimate of drug-likeness (QED) is 0.678. The second-order valence-electron chi connectivity index (χ2n) is 3.29. The van der Waals surface area contributed by atoms with Gasteiger partial charge in [0.1, 0.15) is 0 Å². The maximum Gasteiger partial charge on any atom is 0.151 e. The van der Waals surface area contributed by atoms with Crippen LogP contribution in [0.15, 0.2) is 18.3 Å². The number of nitrogens with two attached hydrogens (primary N) is 1. The maximum atomic E-state index is 5.81. The van der Waals surface area contributed by atoms with Crippen LogP contribution in [0.5, 0.6) is 0 Å². The molecule has 0 aromatic carbocycles. The Balaban J connectivity index is 2.51. The van der Waals surface area contributed by atoms with Gasteiger partial charge >= 0.3 is 0 Å². The van der Waals surface area contributed by atoms with Crippen LogP contribution in [0.4, 0.5) is 11.5 Å². The van der Waals surface area contributed by atoms with E-state index in [4.69, 9.17) is 5.73 Å². The Bertz CT molecular complexity index is 275. The number of nitrogens with zero attached hydrogens (tertiary/aromatic N) is 2. The van der Waals surface area contributed by atoms with Crippen LogP contribution < -0.4 is 16.0 Å². The lowest BCUT2D eigenvalue weighted by Gasteiger charge is -2.19. The van der Waals surface area contributed by atoms with Crippen molar-refractivity contribution in [2.45, 2.75) is 6.42 Å². The normalized spacial score (nSPS) is 10.1. The fraction of sp³-hybridized carbons (Fsp3) is 0.500. The number of rotatable bonds is 5. The van der Waals surface area contributed by atoms with Gasteiger partial charge in [0.15, 0.2) is 5.82 Å². The molecule has 14 heavy (non-hydrogen) atoms. The highest BCUT2D eigenvalue weighted by Crippen LogP contribution is 2.17. The topological polar surface area (TPSA) is 54.2 Å². The predicted octanol–water partition coefficient (Wildman–Crippen LogP) is 0.709. The van der Waals surface area contributed by atoms with Gasteiger partial charge in [-0.15, -0.1) is 0 Å². The first-order valence-electron chi connectivity index (χ1n) is 4.82. The van der Waals surface area contributed by atoms with E-state index in [-0.39, 0.29) is 0 Å². The summed E-state index contributed by atoms with van der Waals surface area (Å²) in [7, 11) is 3.96. The van der Waals surface area contributed by atoms with Gasteiger partial charge in [-0.25, -0.2) is 4.98 Å². The van der Waals surface area contributed by atoms with E-state index in [1.807, 2.05) is 26.2 Å². The number of pyridine rings is 1. The molecule has 0 spiro atoms. The fourth-order valence-electron chi connectivity index (χ4n) is 1.33. The number of hydrogen-bond donors (Lipinski definition) is 2. The summed E-state index contributed by atoms with van der Waals surface area (Å²) in [6.45, 7) is 1.97. The van der Waals surface area contributed by atoms with Gasteiger partial charge in [-0.05, 0) is 32.1 Å². The van der Waals surface area contributed by atoms with Crippen LogP contribution in [0, 0.1) is 0 Å². The smallest absolute Gasteiger partial charge is 0.151 e. The minimum atomic E-state index is 0.736. The lowest BCUT2D eigenvalue weighted by atomic mass is 10.3. The first kappa shape index (κ1) is 10.8. The van der Waals surface area contributed by atoms with Crippen molar-refractivity contribution in [1.82, 2.24) is 10.3 Å². The van der Waals surface area contributed by atoms with Crippen molar-refractivity contribution < 1.29 is 0 Å². The average Bonchev–Trinajstić information content (AvgIpc) is 2.18. The highest BCUT2D eigenvalue weighted by molar-refractivity contribution is 5.61. The minimum absolute atomic E-state index is 0.736. The zero-order valence-corrected chi connectivity index (χ0v) is 8.83. The summed E-state index contributed by atoms with van der Waals surface area (Å²) < 4.78 is 0. The van der Waals surface area contributed by atoms with Crippen molar-refractivity contribution in [1.29, 1.82) is 0 Å². The third-order valence-corrected chi connectivity index (χ3v) is 2.10. The van der Waals surface area contributed by atoms with Crippen LogP contribution in [0.1, 0.15) is 6.42 Å². The lowest BCUT2D eigenvalue weighted by Crippen LogP contribution is -2.23. The molecule has 1 aromatic heterocycles. The summed E-state index contributed by atoms with van der Waals surface area (Å²) in [4.78, 5) is 6.31. The molecule has 0 aliphatic heterocycles. The number of anilines is 2. The Morgan fingerprint density at radius 2 is 2.36 bits per heavy atom. The summed E-state index contributed by atoms with van der Waals surface area (Å²) in [5.74, 6) is 0.864. The Kier molecular flexibility index (Phi) is 4.19. The van der Waals surface area contributed by atoms with Crippen molar-refractivity contribution in [2.24, 2.45) is 0 Å². The molecule has 0 saturated carbocycles. The molecule has 0 aliphatic carbocycles. The molecule has 0 atom stereocenters. The van der Waals surface area contributed by atoms with Crippen LogP contribution in [-0.4, -0.2) is 32.2 Å². The summed E-state index contributed by atoms with van der Waals surface area (Å²) >= 11 is 0. The first-order chi connectivity index (χ1) is 6.75. The van der Waals surface area contributed by atoms with Gasteiger partial charge in [0, 0.05) is 19.8 Å². The Labute approximate surface area is 85.1 Å². The molecule has 0 unspecified atom stereocenters. The van der Waals surface area contributed by atoms with Crippen molar-refractivity contribution in [3.05, 3.63) is 18.3 Å². The van der Waals surface area contributed by atoms with E-state index >= 15 is 0 Å². The average molecular weight is 194 g/mol. The fourth-order valence-corrected chi connectivity index (χ4v) is 1.33. The molecule has 4 heteroatoms. The highest BCUT2D eigenvalue weighted by Gasteiger charge is 2.04. The molecule has 0 aliphatic rings. The Hall–Kier alpha value is -1.29. The molecular weight excluding hydrogens is 176 g/mol. The third-order valence-electron chi connectivity index (χ3n) is 2.10. The van der Waals surface area contributed by atoms with Crippen molar-refractivity contribution in [3.8, 4) is 0 Å². The molecule has 1 heterocycles. The molecule has 0 radical (unpaired) electrons. The summed E-state index contributed by atoms with van der Waals surface area (Å²) in [6.07, 6.45) is 2.85. The van der Waals surface area contributed by atoms with E-state index in [0.717, 1.165) is 31.0 Å². The third kappa shape index (κ3) is 2.88. The van der Waals surface area contributed by atoms with E-state index in [9.17, 15) is 0 Å². The van der Waals surface area contributed by atoms with Crippen molar-refractivity contribution >= 4 is 11.5 Å². The summed E-state index contributed by atoms with van der Waals surface area (Å²) in [6, 6.07) is 3.72.